The molecule has 0 aliphatic heterocycles. The molecule has 0 bridgehead atoms. The predicted octanol–water partition coefficient (Wildman–Crippen LogP) is 2.70. The summed E-state index contributed by atoms with van der Waals surface area (Å²) in [5, 5.41) is 9.46. The molecule has 0 saturated carbocycles. The Kier molecular flexibility index (Phi) is 4.84. The van der Waals surface area contributed by atoms with Crippen molar-refractivity contribution in [2.45, 2.75) is 25.4 Å². The van der Waals surface area contributed by atoms with Crippen molar-refractivity contribution in [3.63, 3.8) is 0 Å². The van der Waals surface area contributed by atoms with Gasteiger partial charge in [-0.05, 0) is 43.5 Å². The Morgan fingerprint density at radius 3 is 2.44 bits per heavy atom. The van der Waals surface area contributed by atoms with Gasteiger partial charge in [-0.15, -0.1) is 0 Å². The van der Waals surface area contributed by atoms with E-state index in [1.807, 2.05) is 0 Å². The number of hydrogen-bond donors (Lipinski definition) is 2. The van der Waals surface area contributed by atoms with E-state index in [0.29, 0.717) is 24.9 Å². The number of aryl methyl sites for hydroxylation is 1. The Morgan fingerprint density at radius 1 is 1.28 bits per heavy atom. The molecule has 0 saturated heterocycles. The van der Waals surface area contributed by atoms with Gasteiger partial charge in [0.15, 0.2) is 11.5 Å². The van der Waals surface area contributed by atoms with Gasteiger partial charge < -0.3 is 15.6 Å². The number of alkyl halides is 3. The second kappa shape index (κ2) is 5.95. The number of phenols is 1. The Bertz CT molecular complexity index is 405. The van der Waals surface area contributed by atoms with Crippen LogP contribution < -0.4 is 10.5 Å². The van der Waals surface area contributed by atoms with Gasteiger partial charge >= 0.3 is 6.18 Å². The van der Waals surface area contributed by atoms with E-state index in [2.05, 4.69) is 0 Å². The maximum atomic E-state index is 12.7. The molecule has 0 heterocycles. The first-order valence-electron chi connectivity index (χ1n) is 5.57. The highest BCUT2D eigenvalue weighted by Gasteiger charge is 2.35. The van der Waals surface area contributed by atoms with Crippen LogP contribution in [0.2, 0.25) is 0 Å². The Morgan fingerprint density at radius 2 is 1.94 bits per heavy atom. The quantitative estimate of drug-likeness (QED) is 0.803. The lowest BCUT2D eigenvalue weighted by Gasteiger charge is -2.14. The first-order chi connectivity index (χ1) is 8.40. The summed E-state index contributed by atoms with van der Waals surface area (Å²) in [5.74, 6) is -1.03. The van der Waals surface area contributed by atoms with Gasteiger partial charge in [-0.1, -0.05) is 0 Å². The fourth-order valence-corrected chi connectivity index (χ4v) is 1.65. The summed E-state index contributed by atoms with van der Waals surface area (Å²) in [6, 6.07) is 2.37. The minimum Gasteiger partial charge on any atom is -0.504 e. The van der Waals surface area contributed by atoms with Crippen molar-refractivity contribution < 1.29 is 23.0 Å². The lowest BCUT2D eigenvalue weighted by Crippen LogP contribution is -2.07. The third-order valence-electron chi connectivity index (χ3n) is 2.58. The largest absolute Gasteiger partial charge is 0.504 e. The molecular formula is C12H16F3NO2. The van der Waals surface area contributed by atoms with Crippen molar-refractivity contribution in [1.82, 2.24) is 0 Å². The molecule has 0 radical (unpaired) electrons. The van der Waals surface area contributed by atoms with Crippen molar-refractivity contribution in [3.8, 4) is 11.5 Å². The molecule has 0 spiro atoms. The average Bonchev–Trinajstić information content (AvgIpc) is 2.29. The highest BCUT2D eigenvalue weighted by atomic mass is 19.4. The molecule has 102 valence electrons. The highest BCUT2D eigenvalue weighted by molar-refractivity contribution is 5.49. The number of halogens is 3. The summed E-state index contributed by atoms with van der Waals surface area (Å²) in [6.45, 7) is 0.501. The van der Waals surface area contributed by atoms with E-state index in [-0.39, 0.29) is 5.75 Å². The molecule has 0 amide bonds. The molecule has 0 aromatic heterocycles. The molecule has 1 aromatic rings. The van der Waals surface area contributed by atoms with Crippen LogP contribution >= 0.6 is 0 Å². The highest BCUT2D eigenvalue weighted by Crippen LogP contribution is 2.41. The molecule has 3 N–H and O–H groups in total. The van der Waals surface area contributed by atoms with Gasteiger partial charge in [0.05, 0.1) is 7.11 Å². The molecular weight excluding hydrogens is 247 g/mol. The molecule has 6 heteroatoms. The Labute approximate surface area is 103 Å². The van der Waals surface area contributed by atoms with Crippen LogP contribution in [-0.4, -0.2) is 18.8 Å². The summed E-state index contributed by atoms with van der Waals surface area (Å²) >= 11 is 0. The number of nitrogens with two attached hydrogens (primary N) is 1. The van der Waals surface area contributed by atoms with Gasteiger partial charge in [-0.3, -0.25) is 0 Å². The van der Waals surface area contributed by atoms with E-state index in [1.165, 1.54) is 13.2 Å². The van der Waals surface area contributed by atoms with Crippen molar-refractivity contribution >= 4 is 0 Å². The molecule has 1 rings (SSSR count). The second-order valence-electron chi connectivity index (χ2n) is 3.94. The molecule has 3 nitrogen and oxygen atoms in total. The number of ether oxygens (including phenoxy) is 1. The van der Waals surface area contributed by atoms with Crippen molar-refractivity contribution in [2.24, 2.45) is 5.73 Å². The fraction of sp³-hybridized carbons (Fsp3) is 0.500. The second-order valence-corrected chi connectivity index (χ2v) is 3.94. The zero-order valence-corrected chi connectivity index (χ0v) is 10.0. The van der Waals surface area contributed by atoms with Crippen LogP contribution in [0, 0.1) is 0 Å². The summed E-state index contributed by atoms with van der Waals surface area (Å²) in [7, 11) is 1.22. The summed E-state index contributed by atoms with van der Waals surface area (Å²) in [4.78, 5) is 0. The Hall–Kier alpha value is -1.43. The van der Waals surface area contributed by atoms with E-state index in [4.69, 9.17) is 10.5 Å². The van der Waals surface area contributed by atoms with Gasteiger partial charge in [0.1, 0.15) is 5.56 Å². The van der Waals surface area contributed by atoms with E-state index in [9.17, 15) is 18.3 Å². The third-order valence-corrected chi connectivity index (χ3v) is 2.58. The third kappa shape index (κ3) is 3.53. The number of benzene rings is 1. The van der Waals surface area contributed by atoms with E-state index in [1.54, 1.807) is 0 Å². The number of aromatic hydroxyl groups is 1. The molecule has 0 atom stereocenters. The SMILES string of the molecule is COc1cc(CCCCN)cc(C(F)(F)F)c1O. The number of rotatable bonds is 5. The van der Waals surface area contributed by atoms with Crippen LogP contribution in [-0.2, 0) is 12.6 Å². The van der Waals surface area contributed by atoms with Gasteiger partial charge in [0, 0.05) is 0 Å². The fourth-order valence-electron chi connectivity index (χ4n) is 1.65. The first kappa shape index (κ1) is 14.6. The zero-order valence-electron chi connectivity index (χ0n) is 10.0. The predicted molar refractivity (Wildman–Crippen MR) is 61.7 cm³/mol. The van der Waals surface area contributed by atoms with E-state index >= 15 is 0 Å². The first-order valence-corrected chi connectivity index (χ1v) is 5.57. The van der Waals surface area contributed by atoms with E-state index < -0.39 is 17.5 Å². The van der Waals surface area contributed by atoms with Crippen LogP contribution in [0.25, 0.3) is 0 Å². The van der Waals surface area contributed by atoms with Gasteiger partial charge in [-0.25, -0.2) is 0 Å². The van der Waals surface area contributed by atoms with Gasteiger partial charge in [0.25, 0.3) is 0 Å². The molecule has 1 aromatic carbocycles. The lowest BCUT2D eigenvalue weighted by molar-refractivity contribution is -0.138. The molecule has 0 aliphatic rings. The molecule has 0 unspecified atom stereocenters. The van der Waals surface area contributed by atoms with Crippen molar-refractivity contribution in [1.29, 1.82) is 0 Å². The van der Waals surface area contributed by atoms with Crippen LogP contribution in [0.1, 0.15) is 24.0 Å². The van der Waals surface area contributed by atoms with Gasteiger partial charge in [0.2, 0.25) is 0 Å². The summed E-state index contributed by atoms with van der Waals surface area (Å²) < 4.78 is 42.8. The molecule has 18 heavy (non-hydrogen) atoms. The molecule has 0 aliphatic carbocycles. The van der Waals surface area contributed by atoms with Crippen molar-refractivity contribution in [3.05, 3.63) is 23.3 Å². The number of phenolic OH excluding ortho intramolecular Hbond substituents is 1. The van der Waals surface area contributed by atoms with Crippen molar-refractivity contribution in [2.75, 3.05) is 13.7 Å². The van der Waals surface area contributed by atoms with Crippen LogP contribution in [0.5, 0.6) is 11.5 Å². The minimum atomic E-state index is -4.60. The van der Waals surface area contributed by atoms with E-state index in [0.717, 1.165) is 12.5 Å². The van der Waals surface area contributed by atoms with Crippen LogP contribution in [0.3, 0.4) is 0 Å². The normalized spacial score (nSPS) is 11.6. The average molecular weight is 263 g/mol. The van der Waals surface area contributed by atoms with Crippen LogP contribution in [0.4, 0.5) is 13.2 Å². The maximum absolute atomic E-state index is 12.7. The smallest absolute Gasteiger partial charge is 0.420 e. The monoisotopic (exact) mass is 263 g/mol. The minimum absolute atomic E-state index is 0.160. The zero-order chi connectivity index (χ0) is 13.8. The van der Waals surface area contributed by atoms with Gasteiger partial charge in [-0.2, -0.15) is 13.2 Å². The topological polar surface area (TPSA) is 55.5 Å². The summed E-state index contributed by atoms with van der Waals surface area (Å²) in [5.41, 5.74) is 4.74. The number of hydrogen-bond acceptors (Lipinski definition) is 3. The lowest BCUT2D eigenvalue weighted by atomic mass is 10.0. The van der Waals surface area contributed by atoms with Crippen LogP contribution in [0.15, 0.2) is 12.1 Å². The number of unbranched alkanes of at least 4 members (excludes halogenated alkanes) is 1. The standard InChI is InChI=1S/C12H16F3NO2/c1-18-10-7-8(4-2-3-5-16)6-9(11(10)17)12(13,14)15/h6-7,17H,2-5,16H2,1H3. The number of methoxy groups -OCH3 is 1. The maximum Gasteiger partial charge on any atom is 0.420 e. The Balaban J connectivity index is 3.06. The molecule has 0 fully saturated rings. The summed E-state index contributed by atoms with van der Waals surface area (Å²) in [6.07, 6.45) is -2.69.